The van der Waals surface area contributed by atoms with Gasteiger partial charge < -0.3 is 5.11 Å². The van der Waals surface area contributed by atoms with Gasteiger partial charge in [0.1, 0.15) is 0 Å². The van der Waals surface area contributed by atoms with E-state index >= 15 is 0 Å². The predicted molar refractivity (Wildman–Crippen MR) is 34.5 cm³/mol. The largest absolute Gasteiger partial charge is 0.479 e. The van der Waals surface area contributed by atoms with Crippen molar-refractivity contribution in [3.8, 4) is 0 Å². The summed E-state index contributed by atoms with van der Waals surface area (Å²) in [4.78, 5) is 10.1. The Balaban J connectivity index is 2.39. The fraction of sp³-hybridized carbons (Fsp3) is 0.857. The molecule has 1 aliphatic rings. The van der Waals surface area contributed by atoms with Crippen LogP contribution in [0.3, 0.4) is 0 Å². The van der Waals surface area contributed by atoms with Crippen molar-refractivity contribution in [1.82, 2.24) is 0 Å². The zero-order chi connectivity index (χ0) is 7.56. The van der Waals surface area contributed by atoms with Crippen LogP contribution >= 0.6 is 0 Å². The van der Waals surface area contributed by atoms with Gasteiger partial charge in [0, 0.05) is 5.92 Å². The van der Waals surface area contributed by atoms with E-state index in [0.29, 0.717) is 0 Å². The Hall–Kier alpha value is -0.600. The molecule has 0 aliphatic heterocycles. The van der Waals surface area contributed by atoms with E-state index in [4.69, 9.17) is 5.11 Å². The molecular weight excluding hydrogens is 135 g/mol. The minimum atomic E-state index is -1.62. The summed E-state index contributed by atoms with van der Waals surface area (Å²) in [5, 5.41) is 8.27. The van der Waals surface area contributed by atoms with Crippen molar-refractivity contribution in [1.29, 1.82) is 0 Å². The number of carboxylic acids is 1. The molecule has 0 saturated heterocycles. The average Bonchev–Trinajstić information content (AvgIpc) is 2.36. The number of alkyl halides is 1. The highest BCUT2D eigenvalue weighted by atomic mass is 19.1. The van der Waals surface area contributed by atoms with Gasteiger partial charge in [0.15, 0.2) is 6.17 Å². The first-order chi connectivity index (χ1) is 4.72. The number of carboxylic acid groups (broad SMARTS) is 1. The molecule has 1 saturated carbocycles. The third kappa shape index (κ3) is 1.46. The number of hydrogen-bond donors (Lipinski definition) is 1. The minimum absolute atomic E-state index is 0.211. The van der Waals surface area contributed by atoms with Crippen LogP contribution < -0.4 is 0 Å². The quantitative estimate of drug-likeness (QED) is 0.642. The highest BCUT2D eigenvalue weighted by Crippen LogP contribution is 2.29. The second-order valence-corrected chi connectivity index (χ2v) is 2.78. The van der Waals surface area contributed by atoms with Gasteiger partial charge >= 0.3 is 5.97 Å². The number of aliphatic carboxylic acids is 1. The lowest BCUT2D eigenvalue weighted by molar-refractivity contribution is -0.144. The first-order valence-corrected chi connectivity index (χ1v) is 3.58. The fourth-order valence-corrected chi connectivity index (χ4v) is 1.45. The monoisotopic (exact) mass is 146 g/mol. The Kier molecular flexibility index (Phi) is 2.25. The Labute approximate surface area is 59.0 Å². The molecule has 0 aromatic heterocycles. The lowest BCUT2D eigenvalue weighted by Crippen LogP contribution is -2.22. The van der Waals surface area contributed by atoms with E-state index in [9.17, 15) is 9.18 Å². The van der Waals surface area contributed by atoms with Crippen LogP contribution in [0.25, 0.3) is 0 Å². The maximum Gasteiger partial charge on any atom is 0.338 e. The molecule has 3 heteroatoms. The predicted octanol–water partition coefficient (Wildman–Crippen LogP) is 1.60. The molecule has 1 aliphatic carbocycles. The van der Waals surface area contributed by atoms with Gasteiger partial charge in [0.05, 0.1) is 0 Å². The number of halogens is 1. The van der Waals surface area contributed by atoms with Crippen LogP contribution in [-0.4, -0.2) is 17.2 Å². The van der Waals surface area contributed by atoms with Gasteiger partial charge in [-0.25, -0.2) is 9.18 Å². The summed E-state index contributed by atoms with van der Waals surface area (Å²) < 4.78 is 12.6. The third-order valence-corrected chi connectivity index (χ3v) is 2.05. The molecule has 0 heterocycles. The molecule has 1 N–H and O–H groups in total. The Morgan fingerprint density at radius 2 is 2.00 bits per heavy atom. The maximum absolute atomic E-state index is 12.6. The van der Waals surface area contributed by atoms with E-state index in [1.807, 2.05) is 0 Å². The first kappa shape index (κ1) is 7.51. The minimum Gasteiger partial charge on any atom is -0.479 e. The molecule has 0 radical (unpaired) electrons. The zero-order valence-corrected chi connectivity index (χ0v) is 5.72. The molecule has 1 fully saturated rings. The summed E-state index contributed by atoms with van der Waals surface area (Å²) in [7, 11) is 0. The fourth-order valence-electron chi connectivity index (χ4n) is 1.45. The van der Waals surface area contributed by atoms with Gasteiger partial charge in [-0.3, -0.25) is 0 Å². The molecule has 58 valence electrons. The van der Waals surface area contributed by atoms with Crippen molar-refractivity contribution in [2.45, 2.75) is 31.9 Å². The molecule has 0 aromatic carbocycles. The van der Waals surface area contributed by atoms with Crippen molar-refractivity contribution in [2.75, 3.05) is 0 Å². The SMILES string of the molecule is O=C(O)[C@@H](F)C1CCCC1. The summed E-state index contributed by atoms with van der Waals surface area (Å²) in [6.45, 7) is 0. The van der Waals surface area contributed by atoms with Gasteiger partial charge in [-0.1, -0.05) is 12.8 Å². The molecular formula is C7H11FO2. The topological polar surface area (TPSA) is 37.3 Å². The standard InChI is InChI=1S/C7H11FO2/c8-6(7(9)10)5-3-1-2-4-5/h5-6H,1-4H2,(H,9,10)/t6-/m0/s1. The van der Waals surface area contributed by atoms with Crippen molar-refractivity contribution in [3.05, 3.63) is 0 Å². The zero-order valence-electron chi connectivity index (χ0n) is 5.72. The van der Waals surface area contributed by atoms with Crippen molar-refractivity contribution < 1.29 is 14.3 Å². The van der Waals surface area contributed by atoms with E-state index in [1.54, 1.807) is 0 Å². The summed E-state index contributed by atoms with van der Waals surface area (Å²) in [6.07, 6.45) is 1.83. The first-order valence-electron chi connectivity index (χ1n) is 3.58. The molecule has 1 rings (SSSR count). The molecule has 1 atom stereocenters. The Morgan fingerprint density at radius 3 is 2.40 bits per heavy atom. The highest BCUT2D eigenvalue weighted by molar-refractivity contribution is 5.72. The van der Waals surface area contributed by atoms with Crippen LogP contribution in [0.15, 0.2) is 0 Å². The van der Waals surface area contributed by atoms with E-state index in [-0.39, 0.29) is 5.92 Å². The van der Waals surface area contributed by atoms with Crippen LogP contribution in [0.5, 0.6) is 0 Å². The number of rotatable bonds is 2. The van der Waals surface area contributed by atoms with Crippen LogP contribution in [0, 0.1) is 5.92 Å². The van der Waals surface area contributed by atoms with E-state index in [1.165, 1.54) is 0 Å². The highest BCUT2D eigenvalue weighted by Gasteiger charge is 2.29. The van der Waals surface area contributed by atoms with Crippen LogP contribution in [0.2, 0.25) is 0 Å². The molecule has 0 bridgehead atoms. The normalized spacial score (nSPS) is 22.9. The second-order valence-electron chi connectivity index (χ2n) is 2.78. The van der Waals surface area contributed by atoms with Crippen molar-refractivity contribution >= 4 is 5.97 Å². The Morgan fingerprint density at radius 1 is 1.50 bits per heavy atom. The third-order valence-electron chi connectivity index (χ3n) is 2.05. The van der Waals surface area contributed by atoms with Gasteiger partial charge in [-0.05, 0) is 12.8 Å². The van der Waals surface area contributed by atoms with Gasteiger partial charge in [0.25, 0.3) is 0 Å². The summed E-state index contributed by atoms with van der Waals surface area (Å²) in [5.74, 6) is -1.51. The molecule has 0 unspecified atom stereocenters. The van der Waals surface area contributed by atoms with E-state index < -0.39 is 12.1 Å². The molecule has 2 nitrogen and oxygen atoms in total. The summed E-state index contributed by atoms with van der Waals surface area (Å²) in [6, 6.07) is 0. The lowest BCUT2D eigenvalue weighted by atomic mass is 10.0. The van der Waals surface area contributed by atoms with Crippen LogP contribution in [-0.2, 0) is 4.79 Å². The number of hydrogen-bond acceptors (Lipinski definition) is 1. The smallest absolute Gasteiger partial charge is 0.338 e. The summed E-state index contributed by atoms with van der Waals surface area (Å²) in [5.41, 5.74) is 0. The number of carbonyl (C=O) groups is 1. The Bertz CT molecular complexity index is 130. The van der Waals surface area contributed by atoms with Crippen molar-refractivity contribution in [3.63, 3.8) is 0 Å². The maximum atomic E-state index is 12.6. The van der Waals surface area contributed by atoms with E-state index in [0.717, 1.165) is 25.7 Å². The second kappa shape index (κ2) is 2.99. The van der Waals surface area contributed by atoms with E-state index in [2.05, 4.69) is 0 Å². The lowest BCUT2D eigenvalue weighted by Gasteiger charge is -2.08. The molecule has 0 aromatic rings. The summed E-state index contributed by atoms with van der Waals surface area (Å²) >= 11 is 0. The van der Waals surface area contributed by atoms with Crippen LogP contribution in [0.4, 0.5) is 4.39 Å². The van der Waals surface area contributed by atoms with Crippen LogP contribution in [0.1, 0.15) is 25.7 Å². The molecule has 0 amide bonds. The average molecular weight is 146 g/mol. The van der Waals surface area contributed by atoms with Crippen molar-refractivity contribution in [2.24, 2.45) is 5.92 Å². The van der Waals surface area contributed by atoms with Gasteiger partial charge in [-0.2, -0.15) is 0 Å². The van der Waals surface area contributed by atoms with Gasteiger partial charge in [-0.15, -0.1) is 0 Å². The molecule has 10 heavy (non-hydrogen) atoms. The van der Waals surface area contributed by atoms with Gasteiger partial charge in [0.2, 0.25) is 0 Å². The molecule has 0 spiro atoms.